The Kier molecular flexibility index (Phi) is 8.42. The van der Waals surface area contributed by atoms with Crippen molar-refractivity contribution in [1.29, 1.82) is 0 Å². The number of amides is 2. The number of aromatic nitrogens is 1. The van der Waals surface area contributed by atoms with Crippen LogP contribution >= 0.6 is 23.1 Å². The molecule has 34 heavy (non-hydrogen) atoms. The lowest BCUT2D eigenvalue weighted by Gasteiger charge is -2.29. The second kappa shape index (κ2) is 11.7. The number of ether oxygens (including phenoxy) is 2. The third-order valence-corrected chi connectivity index (χ3v) is 7.51. The van der Waals surface area contributed by atoms with E-state index in [-0.39, 0.29) is 23.3 Å². The highest BCUT2D eigenvalue weighted by Crippen LogP contribution is 2.27. The lowest BCUT2D eigenvalue weighted by atomic mass is 10.0. The first kappa shape index (κ1) is 24.5. The molecule has 0 radical (unpaired) electrons. The largest absolute Gasteiger partial charge is 0.494 e. The second-order valence-corrected chi connectivity index (χ2v) is 9.86. The van der Waals surface area contributed by atoms with Gasteiger partial charge in [0, 0.05) is 25.9 Å². The Bertz CT molecular complexity index is 1230. The topological polar surface area (TPSA) is 73.1 Å². The Hall–Kier alpha value is -2.62. The first-order valence-corrected chi connectivity index (χ1v) is 13.4. The lowest BCUT2D eigenvalue weighted by molar-refractivity contribution is -0.116. The molecule has 0 spiro atoms. The maximum atomic E-state index is 12.8. The van der Waals surface area contributed by atoms with Gasteiger partial charge < -0.3 is 18.9 Å². The number of hydrogen-bond acceptors (Lipinski definition) is 6. The van der Waals surface area contributed by atoms with Crippen molar-refractivity contribution in [2.45, 2.75) is 26.3 Å². The number of hydrogen-bond donors (Lipinski definition) is 0. The van der Waals surface area contributed by atoms with Crippen molar-refractivity contribution in [3.05, 3.63) is 52.8 Å². The zero-order valence-electron chi connectivity index (χ0n) is 19.5. The predicted octanol–water partition coefficient (Wildman–Crippen LogP) is 3.89. The highest BCUT2D eigenvalue weighted by Gasteiger charge is 2.22. The molecule has 0 saturated heterocycles. The molecule has 0 aliphatic carbocycles. The first-order valence-electron chi connectivity index (χ1n) is 11.4. The highest BCUT2D eigenvalue weighted by atomic mass is 32.2. The third-order valence-electron chi connectivity index (χ3n) is 5.57. The van der Waals surface area contributed by atoms with E-state index in [0.29, 0.717) is 24.6 Å². The summed E-state index contributed by atoms with van der Waals surface area (Å²) >= 11 is 2.77. The van der Waals surface area contributed by atoms with Gasteiger partial charge in [-0.2, -0.15) is 4.99 Å². The van der Waals surface area contributed by atoms with Gasteiger partial charge in [0.15, 0.2) is 4.80 Å². The van der Waals surface area contributed by atoms with Crippen molar-refractivity contribution in [2.75, 3.05) is 43.3 Å². The smallest absolute Gasteiger partial charge is 0.258 e. The Morgan fingerprint density at radius 1 is 1.18 bits per heavy atom. The Labute approximate surface area is 207 Å². The zero-order valence-corrected chi connectivity index (χ0v) is 21.1. The number of aryl methyl sites for hydroxylation is 1. The van der Waals surface area contributed by atoms with E-state index in [0.717, 1.165) is 41.0 Å². The maximum Gasteiger partial charge on any atom is 0.258 e. The van der Waals surface area contributed by atoms with Gasteiger partial charge in [0.2, 0.25) is 5.91 Å². The number of fused-ring (bicyclic) bond motifs is 2. The summed E-state index contributed by atoms with van der Waals surface area (Å²) in [5.41, 5.74) is 3.19. The number of nitrogens with zero attached hydrogens (tertiary/aromatic N) is 3. The summed E-state index contributed by atoms with van der Waals surface area (Å²) in [4.78, 5) is 32.3. The van der Waals surface area contributed by atoms with Crippen molar-refractivity contribution < 1.29 is 19.1 Å². The molecular weight excluding hydrogens is 470 g/mol. The molecule has 0 fully saturated rings. The SMILES string of the molecule is CCOc1ccc2c(c1)sc(=NC(=O)CSCC(=O)N1CCCc3ccccc31)n2CCOC. The summed E-state index contributed by atoms with van der Waals surface area (Å²) in [5.74, 6) is 0.985. The second-order valence-electron chi connectivity index (χ2n) is 7.87. The molecule has 0 bridgehead atoms. The van der Waals surface area contributed by atoms with Crippen molar-refractivity contribution >= 4 is 50.8 Å². The molecule has 1 aliphatic rings. The van der Waals surface area contributed by atoms with Crippen LogP contribution in [0.3, 0.4) is 0 Å². The monoisotopic (exact) mass is 499 g/mol. The van der Waals surface area contributed by atoms with E-state index in [9.17, 15) is 9.59 Å². The van der Waals surface area contributed by atoms with Crippen LogP contribution in [0.15, 0.2) is 47.5 Å². The number of benzene rings is 2. The van der Waals surface area contributed by atoms with Crippen LogP contribution < -0.4 is 14.4 Å². The van der Waals surface area contributed by atoms with Crippen LogP contribution in [0.1, 0.15) is 18.9 Å². The molecule has 0 saturated carbocycles. The molecule has 1 aromatic heterocycles. The highest BCUT2D eigenvalue weighted by molar-refractivity contribution is 8.00. The molecule has 180 valence electrons. The molecule has 1 aliphatic heterocycles. The first-order chi connectivity index (χ1) is 16.6. The third kappa shape index (κ3) is 5.71. The lowest BCUT2D eigenvalue weighted by Crippen LogP contribution is -2.36. The minimum absolute atomic E-state index is 0.0328. The number of carbonyl (C=O) groups is 2. The van der Waals surface area contributed by atoms with Crippen LogP contribution in [0, 0.1) is 0 Å². The standard InChI is InChI=1S/C25H29N3O4S2/c1-3-32-19-10-11-21-22(15-19)34-25(28(21)13-14-31-2)26-23(29)16-33-17-24(30)27-12-6-8-18-7-4-5-9-20(18)27/h4-5,7,9-11,15H,3,6,8,12-14,16-17H2,1-2H3. The Morgan fingerprint density at radius 3 is 2.85 bits per heavy atom. The van der Waals surface area contributed by atoms with E-state index in [1.807, 2.05) is 52.8 Å². The number of para-hydroxylation sites is 1. The van der Waals surface area contributed by atoms with Crippen LogP contribution in [0.25, 0.3) is 10.2 Å². The summed E-state index contributed by atoms with van der Waals surface area (Å²) in [7, 11) is 1.65. The van der Waals surface area contributed by atoms with E-state index >= 15 is 0 Å². The van der Waals surface area contributed by atoms with E-state index in [2.05, 4.69) is 11.1 Å². The molecule has 4 rings (SSSR count). The van der Waals surface area contributed by atoms with E-state index < -0.39 is 0 Å². The number of carbonyl (C=O) groups excluding carboxylic acids is 2. The normalized spacial score (nSPS) is 13.8. The molecule has 3 aromatic rings. The van der Waals surface area contributed by atoms with Gasteiger partial charge in [-0.15, -0.1) is 11.8 Å². The maximum absolute atomic E-state index is 12.8. The fourth-order valence-electron chi connectivity index (χ4n) is 4.03. The molecular formula is C25H29N3O4S2. The summed E-state index contributed by atoms with van der Waals surface area (Å²) in [6.45, 7) is 4.37. The van der Waals surface area contributed by atoms with Gasteiger partial charge in [0.25, 0.3) is 5.91 Å². The van der Waals surface area contributed by atoms with E-state index in [1.54, 1.807) is 7.11 Å². The van der Waals surface area contributed by atoms with Crippen LogP contribution in [0.2, 0.25) is 0 Å². The van der Waals surface area contributed by atoms with Crippen LogP contribution in [0.5, 0.6) is 5.75 Å². The average molecular weight is 500 g/mol. The molecule has 0 unspecified atom stereocenters. The van der Waals surface area contributed by atoms with Crippen LogP contribution in [0.4, 0.5) is 5.69 Å². The van der Waals surface area contributed by atoms with E-state index in [1.165, 1.54) is 28.7 Å². The van der Waals surface area contributed by atoms with E-state index in [4.69, 9.17) is 9.47 Å². The van der Waals surface area contributed by atoms with Gasteiger partial charge in [0.05, 0.1) is 34.9 Å². The zero-order chi connectivity index (χ0) is 23.9. The number of thioether (sulfide) groups is 1. The number of anilines is 1. The molecule has 2 aromatic carbocycles. The Morgan fingerprint density at radius 2 is 2.03 bits per heavy atom. The molecule has 2 heterocycles. The van der Waals surface area contributed by atoms with Gasteiger partial charge in [-0.25, -0.2) is 0 Å². The Balaban J connectivity index is 1.44. The summed E-state index contributed by atoms with van der Waals surface area (Å²) < 4.78 is 13.9. The van der Waals surface area contributed by atoms with Crippen molar-refractivity contribution in [1.82, 2.24) is 4.57 Å². The molecule has 9 heteroatoms. The molecule has 0 atom stereocenters. The van der Waals surface area contributed by atoms with Gasteiger partial charge in [-0.1, -0.05) is 29.5 Å². The fraction of sp³-hybridized carbons (Fsp3) is 0.400. The molecule has 7 nitrogen and oxygen atoms in total. The number of thiazole rings is 1. The van der Waals surface area contributed by atoms with Crippen LogP contribution in [-0.2, 0) is 27.3 Å². The quantitative estimate of drug-likeness (QED) is 0.447. The minimum Gasteiger partial charge on any atom is -0.494 e. The number of rotatable bonds is 9. The predicted molar refractivity (Wildman–Crippen MR) is 138 cm³/mol. The van der Waals surface area contributed by atoms with Crippen LogP contribution in [-0.4, -0.2) is 54.8 Å². The minimum atomic E-state index is -0.250. The summed E-state index contributed by atoms with van der Waals surface area (Å²) in [6.07, 6.45) is 1.95. The fourth-order valence-corrected chi connectivity index (χ4v) is 5.80. The van der Waals surface area contributed by atoms with Gasteiger partial charge in [-0.05, 0) is 49.6 Å². The van der Waals surface area contributed by atoms with Crippen molar-refractivity contribution in [3.63, 3.8) is 0 Å². The van der Waals surface area contributed by atoms with Gasteiger partial charge in [-0.3, -0.25) is 9.59 Å². The number of methoxy groups -OCH3 is 1. The van der Waals surface area contributed by atoms with Crippen molar-refractivity contribution in [3.8, 4) is 5.75 Å². The van der Waals surface area contributed by atoms with Gasteiger partial charge >= 0.3 is 0 Å². The summed E-state index contributed by atoms with van der Waals surface area (Å²) in [5, 5.41) is 0. The van der Waals surface area contributed by atoms with Gasteiger partial charge in [0.1, 0.15) is 5.75 Å². The summed E-state index contributed by atoms with van der Waals surface area (Å²) in [6, 6.07) is 13.9. The molecule has 0 N–H and O–H groups in total. The molecule has 2 amide bonds. The van der Waals surface area contributed by atoms with Crippen molar-refractivity contribution in [2.24, 2.45) is 4.99 Å². The average Bonchev–Trinajstić information content (AvgIpc) is 3.18.